The number of benzene rings is 2. The Morgan fingerprint density at radius 1 is 0.935 bits per heavy atom. The molecule has 0 fully saturated rings. The Labute approximate surface area is 182 Å². The van der Waals surface area contributed by atoms with Gasteiger partial charge in [-0.05, 0) is 35.4 Å². The Morgan fingerprint density at radius 2 is 1.39 bits per heavy atom. The van der Waals surface area contributed by atoms with Gasteiger partial charge in [0.1, 0.15) is 43.6 Å². The molecule has 7 nitrogen and oxygen atoms in total. The van der Waals surface area contributed by atoms with Gasteiger partial charge in [0.05, 0.1) is 12.9 Å². The zero-order valence-corrected chi connectivity index (χ0v) is 18.6. The van der Waals surface area contributed by atoms with Crippen LogP contribution in [0.5, 0.6) is 11.5 Å². The maximum Gasteiger partial charge on any atom is 0.264 e. The Balaban J connectivity index is 2.02. The maximum atomic E-state index is 12.3. The van der Waals surface area contributed by atoms with Crippen molar-refractivity contribution in [3.63, 3.8) is 0 Å². The standard InChI is InChI=1S/C22H29FO7S/c1-22(2,16-4-8-19(9-5-16)28-14-18(25)12-23)17-6-10-20(11-7-17)29-15-21(13-24)30-31(3,26)27/h4-11,18,21,24-25H,12-15H2,1-3H3. The van der Waals surface area contributed by atoms with Crippen LogP contribution in [0.1, 0.15) is 25.0 Å². The van der Waals surface area contributed by atoms with E-state index in [0.717, 1.165) is 17.4 Å². The molecule has 0 saturated carbocycles. The number of alkyl halides is 1. The Hall–Kier alpha value is -2.20. The van der Waals surface area contributed by atoms with Crippen LogP contribution in [0.4, 0.5) is 4.39 Å². The summed E-state index contributed by atoms with van der Waals surface area (Å²) in [7, 11) is -3.69. The number of aliphatic hydroxyl groups is 2. The molecule has 0 heterocycles. The molecular weight excluding hydrogens is 427 g/mol. The number of ether oxygens (including phenoxy) is 2. The SMILES string of the molecule is CC(C)(c1ccc(OCC(O)CF)cc1)c1ccc(OCC(CO)OS(C)(=O)=O)cc1. The van der Waals surface area contributed by atoms with Crippen molar-refractivity contribution in [2.45, 2.75) is 31.5 Å². The van der Waals surface area contributed by atoms with Crippen molar-refractivity contribution in [1.82, 2.24) is 0 Å². The summed E-state index contributed by atoms with van der Waals surface area (Å²) in [5, 5.41) is 18.5. The lowest BCUT2D eigenvalue weighted by molar-refractivity contribution is 0.0773. The third-order valence-electron chi connectivity index (χ3n) is 4.72. The van der Waals surface area contributed by atoms with Crippen molar-refractivity contribution in [2.24, 2.45) is 0 Å². The minimum atomic E-state index is -3.69. The van der Waals surface area contributed by atoms with Gasteiger partial charge in [0.15, 0.2) is 0 Å². The minimum Gasteiger partial charge on any atom is -0.491 e. The average molecular weight is 457 g/mol. The molecule has 9 heteroatoms. The summed E-state index contributed by atoms with van der Waals surface area (Å²) in [6, 6.07) is 14.7. The van der Waals surface area contributed by atoms with Crippen LogP contribution in [0, 0.1) is 0 Å². The first-order valence-electron chi connectivity index (χ1n) is 9.75. The van der Waals surface area contributed by atoms with Crippen molar-refractivity contribution >= 4 is 10.1 Å². The highest BCUT2D eigenvalue weighted by Gasteiger charge is 2.23. The van der Waals surface area contributed by atoms with Crippen molar-refractivity contribution in [3.8, 4) is 11.5 Å². The van der Waals surface area contributed by atoms with E-state index in [1.807, 2.05) is 24.3 Å². The van der Waals surface area contributed by atoms with Crippen LogP contribution in [0.25, 0.3) is 0 Å². The molecule has 2 atom stereocenters. The molecule has 2 aromatic carbocycles. The molecule has 0 aliphatic rings. The summed E-state index contributed by atoms with van der Waals surface area (Å²) in [6.07, 6.45) is -1.20. The van der Waals surface area contributed by atoms with E-state index in [-0.39, 0.29) is 18.6 Å². The second-order valence-corrected chi connectivity index (χ2v) is 9.31. The highest BCUT2D eigenvalue weighted by molar-refractivity contribution is 7.86. The van der Waals surface area contributed by atoms with Crippen molar-refractivity contribution in [2.75, 3.05) is 32.8 Å². The van der Waals surface area contributed by atoms with E-state index in [2.05, 4.69) is 13.8 Å². The van der Waals surface area contributed by atoms with Crippen molar-refractivity contribution in [1.29, 1.82) is 0 Å². The van der Waals surface area contributed by atoms with Crippen LogP contribution in [-0.4, -0.2) is 63.6 Å². The first kappa shape index (κ1) is 25.1. The molecule has 172 valence electrons. The molecule has 0 radical (unpaired) electrons. The summed E-state index contributed by atoms with van der Waals surface area (Å²) < 4.78 is 50.3. The molecule has 2 N–H and O–H groups in total. The molecule has 0 aromatic heterocycles. The third kappa shape index (κ3) is 7.77. The predicted molar refractivity (Wildman–Crippen MR) is 115 cm³/mol. The van der Waals surface area contributed by atoms with E-state index >= 15 is 0 Å². The first-order valence-corrected chi connectivity index (χ1v) is 11.6. The van der Waals surface area contributed by atoms with E-state index in [0.29, 0.717) is 11.5 Å². The van der Waals surface area contributed by atoms with Gasteiger partial charge in [-0.3, -0.25) is 4.18 Å². The summed E-state index contributed by atoms with van der Waals surface area (Å²) in [5.41, 5.74) is 1.72. The third-order valence-corrected chi connectivity index (χ3v) is 5.34. The van der Waals surface area contributed by atoms with Crippen LogP contribution in [0.3, 0.4) is 0 Å². The fourth-order valence-electron chi connectivity index (χ4n) is 2.89. The van der Waals surface area contributed by atoms with E-state index in [1.54, 1.807) is 24.3 Å². The second kappa shape index (κ2) is 10.9. The lowest BCUT2D eigenvalue weighted by atomic mass is 9.78. The minimum absolute atomic E-state index is 0.104. The fraction of sp³-hybridized carbons (Fsp3) is 0.455. The van der Waals surface area contributed by atoms with Gasteiger partial charge in [0, 0.05) is 5.41 Å². The smallest absolute Gasteiger partial charge is 0.264 e. The van der Waals surface area contributed by atoms with Gasteiger partial charge in [-0.2, -0.15) is 8.42 Å². The second-order valence-electron chi connectivity index (χ2n) is 7.71. The molecular formula is C22H29FO7S. The highest BCUT2D eigenvalue weighted by atomic mass is 32.2. The van der Waals surface area contributed by atoms with Gasteiger partial charge in [0.25, 0.3) is 10.1 Å². The van der Waals surface area contributed by atoms with Gasteiger partial charge in [0.2, 0.25) is 0 Å². The summed E-state index contributed by atoms with van der Waals surface area (Å²) >= 11 is 0. The van der Waals surface area contributed by atoms with Gasteiger partial charge < -0.3 is 19.7 Å². The number of halogens is 1. The van der Waals surface area contributed by atoms with Crippen LogP contribution in [-0.2, 0) is 19.7 Å². The van der Waals surface area contributed by atoms with Crippen LogP contribution in [0.15, 0.2) is 48.5 Å². The van der Waals surface area contributed by atoms with Gasteiger partial charge in [-0.15, -0.1) is 0 Å². The molecule has 2 aromatic rings. The van der Waals surface area contributed by atoms with E-state index in [4.69, 9.17) is 13.7 Å². The molecule has 31 heavy (non-hydrogen) atoms. The van der Waals surface area contributed by atoms with Gasteiger partial charge in [-0.1, -0.05) is 38.1 Å². The van der Waals surface area contributed by atoms with E-state index in [1.165, 1.54) is 0 Å². The number of hydrogen-bond donors (Lipinski definition) is 2. The zero-order chi connectivity index (χ0) is 23.1. The Kier molecular flexibility index (Phi) is 8.81. The lowest BCUT2D eigenvalue weighted by Gasteiger charge is -2.26. The molecule has 2 rings (SSSR count). The largest absolute Gasteiger partial charge is 0.491 e. The van der Waals surface area contributed by atoms with Crippen LogP contribution in [0.2, 0.25) is 0 Å². The van der Waals surface area contributed by atoms with Crippen LogP contribution < -0.4 is 9.47 Å². The quantitative estimate of drug-likeness (QED) is 0.473. The Morgan fingerprint density at radius 3 is 1.77 bits per heavy atom. The number of rotatable bonds is 12. The monoisotopic (exact) mass is 456 g/mol. The molecule has 2 unspecified atom stereocenters. The van der Waals surface area contributed by atoms with Crippen molar-refractivity contribution < 1.29 is 36.7 Å². The summed E-state index contributed by atoms with van der Waals surface area (Å²) in [5.74, 6) is 1.07. The van der Waals surface area contributed by atoms with Gasteiger partial charge >= 0.3 is 0 Å². The summed E-state index contributed by atoms with van der Waals surface area (Å²) in [6.45, 7) is 2.58. The molecule has 0 bridgehead atoms. The number of hydrogen-bond acceptors (Lipinski definition) is 7. The number of aliphatic hydroxyl groups excluding tert-OH is 2. The molecule has 0 amide bonds. The van der Waals surface area contributed by atoms with Crippen molar-refractivity contribution in [3.05, 3.63) is 59.7 Å². The Bertz CT molecular complexity index is 912. The molecule has 0 spiro atoms. The summed E-state index contributed by atoms with van der Waals surface area (Å²) in [4.78, 5) is 0. The van der Waals surface area contributed by atoms with E-state index < -0.39 is 35.6 Å². The fourth-order valence-corrected chi connectivity index (χ4v) is 3.50. The first-order chi connectivity index (χ1) is 14.5. The lowest BCUT2D eigenvalue weighted by Crippen LogP contribution is -2.28. The normalized spacial score (nSPS) is 14.1. The maximum absolute atomic E-state index is 12.3. The molecule has 0 aliphatic heterocycles. The predicted octanol–water partition coefficient (Wildman–Crippen LogP) is 2.44. The molecule has 0 saturated heterocycles. The molecule has 0 aliphatic carbocycles. The van der Waals surface area contributed by atoms with Crippen LogP contribution >= 0.6 is 0 Å². The van der Waals surface area contributed by atoms with E-state index in [9.17, 15) is 23.0 Å². The van der Waals surface area contributed by atoms with Gasteiger partial charge in [-0.25, -0.2) is 4.39 Å². The topological polar surface area (TPSA) is 102 Å². The highest BCUT2D eigenvalue weighted by Crippen LogP contribution is 2.33. The average Bonchev–Trinajstić information content (AvgIpc) is 2.74. The zero-order valence-electron chi connectivity index (χ0n) is 17.8.